The van der Waals surface area contributed by atoms with E-state index in [1.165, 1.54) is 12.0 Å². The minimum atomic E-state index is -0.756. The first-order valence-corrected chi connectivity index (χ1v) is 8.52. The van der Waals surface area contributed by atoms with Gasteiger partial charge in [0.05, 0.1) is 5.69 Å². The summed E-state index contributed by atoms with van der Waals surface area (Å²) >= 11 is 0. The highest BCUT2D eigenvalue weighted by Gasteiger charge is 2.52. The van der Waals surface area contributed by atoms with Crippen LogP contribution in [0.25, 0.3) is 0 Å². The first-order chi connectivity index (χ1) is 11.3. The van der Waals surface area contributed by atoms with Gasteiger partial charge in [-0.1, -0.05) is 12.5 Å². The number of pyridine rings is 2. The second kappa shape index (κ2) is 6.02. The lowest BCUT2D eigenvalue weighted by Crippen LogP contribution is -2.58. The van der Waals surface area contributed by atoms with Gasteiger partial charge >= 0.3 is 0 Å². The van der Waals surface area contributed by atoms with Crippen LogP contribution in [0.2, 0.25) is 0 Å². The molecule has 2 aliphatic rings. The Labute approximate surface area is 137 Å². The standard InChI is InChI=1S/C19H23N3O/c23-19(18-6-1-2-9-21-18)16-4-3-5-17(19)14-22(13-16)12-15-7-10-20-11-8-15/h1-2,6-11,16-17,23H,3-5,12-14H2/t16-,17-/m1/s1. The Kier molecular flexibility index (Phi) is 3.87. The fraction of sp³-hybridized carbons (Fsp3) is 0.474. The molecule has 0 radical (unpaired) electrons. The van der Waals surface area contributed by atoms with E-state index in [-0.39, 0.29) is 11.8 Å². The lowest BCUT2D eigenvalue weighted by Gasteiger charge is -2.52. The summed E-state index contributed by atoms with van der Waals surface area (Å²) in [6.45, 7) is 2.81. The van der Waals surface area contributed by atoms with E-state index in [1.807, 2.05) is 30.6 Å². The summed E-state index contributed by atoms with van der Waals surface area (Å²) in [7, 11) is 0. The second-order valence-electron chi connectivity index (χ2n) is 6.91. The van der Waals surface area contributed by atoms with Gasteiger partial charge in [0.2, 0.25) is 0 Å². The minimum Gasteiger partial charge on any atom is -0.383 e. The Morgan fingerprint density at radius 3 is 2.43 bits per heavy atom. The lowest BCUT2D eigenvalue weighted by atomic mass is 9.64. The quantitative estimate of drug-likeness (QED) is 0.947. The van der Waals surface area contributed by atoms with Crippen LogP contribution in [0.15, 0.2) is 48.9 Å². The van der Waals surface area contributed by atoms with Gasteiger partial charge in [-0.3, -0.25) is 14.9 Å². The van der Waals surface area contributed by atoms with Crippen LogP contribution >= 0.6 is 0 Å². The third kappa shape index (κ3) is 2.66. The number of aliphatic hydroxyl groups is 1. The van der Waals surface area contributed by atoms with Crippen LogP contribution in [-0.4, -0.2) is 33.1 Å². The number of fused-ring (bicyclic) bond motifs is 2. The Bertz CT molecular complexity index is 632. The first-order valence-electron chi connectivity index (χ1n) is 8.52. The number of piperidine rings is 1. The average Bonchev–Trinajstić information content (AvgIpc) is 2.58. The largest absolute Gasteiger partial charge is 0.383 e. The maximum Gasteiger partial charge on any atom is 0.114 e. The summed E-state index contributed by atoms with van der Waals surface area (Å²) in [6, 6.07) is 10.1. The SMILES string of the molecule is OC1(c2ccccn2)[C@@H]2CCC[C@@H]1CN(Cc1ccncc1)C2. The van der Waals surface area contributed by atoms with Gasteiger partial charge in [0.15, 0.2) is 0 Å². The Hall–Kier alpha value is -1.78. The molecule has 1 aliphatic heterocycles. The third-order valence-electron chi connectivity index (χ3n) is 5.54. The molecule has 0 aromatic carbocycles. The van der Waals surface area contributed by atoms with E-state index in [1.54, 1.807) is 6.20 Å². The molecule has 4 heteroatoms. The summed E-state index contributed by atoms with van der Waals surface area (Å²) in [6.07, 6.45) is 8.88. The Balaban J connectivity index is 1.57. The highest BCUT2D eigenvalue weighted by Crippen LogP contribution is 2.48. The number of aromatic nitrogens is 2. The zero-order valence-electron chi connectivity index (χ0n) is 13.3. The molecule has 3 heterocycles. The fourth-order valence-electron chi connectivity index (χ4n) is 4.44. The number of nitrogens with zero attached hydrogens (tertiary/aromatic N) is 3. The molecular formula is C19H23N3O. The molecule has 0 unspecified atom stereocenters. The molecule has 120 valence electrons. The summed E-state index contributed by atoms with van der Waals surface area (Å²) in [5, 5.41) is 11.5. The number of hydrogen-bond donors (Lipinski definition) is 1. The summed E-state index contributed by atoms with van der Waals surface area (Å²) in [5.74, 6) is 0.540. The van der Waals surface area contributed by atoms with E-state index in [0.717, 1.165) is 38.2 Å². The molecule has 1 saturated carbocycles. The van der Waals surface area contributed by atoms with E-state index in [9.17, 15) is 5.11 Å². The molecule has 4 rings (SSSR count). The van der Waals surface area contributed by atoms with Crippen LogP contribution in [0.4, 0.5) is 0 Å². The van der Waals surface area contributed by atoms with E-state index < -0.39 is 5.60 Å². The van der Waals surface area contributed by atoms with Crippen molar-refractivity contribution in [3.63, 3.8) is 0 Å². The van der Waals surface area contributed by atoms with Crippen molar-refractivity contribution >= 4 is 0 Å². The van der Waals surface area contributed by atoms with Crippen LogP contribution in [0.1, 0.15) is 30.5 Å². The third-order valence-corrected chi connectivity index (χ3v) is 5.54. The predicted octanol–water partition coefficient (Wildman–Crippen LogP) is 2.60. The van der Waals surface area contributed by atoms with Gasteiger partial charge in [-0.05, 0) is 42.7 Å². The predicted molar refractivity (Wildman–Crippen MR) is 88.5 cm³/mol. The molecule has 1 N–H and O–H groups in total. The van der Waals surface area contributed by atoms with Gasteiger partial charge in [-0.2, -0.15) is 0 Å². The van der Waals surface area contributed by atoms with Gasteiger partial charge in [0.25, 0.3) is 0 Å². The van der Waals surface area contributed by atoms with Crippen molar-refractivity contribution < 1.29 is 5.11 Å². The van der Waals surface area contributed by atoms with Crippen molar-refractivity contribution in [2.45, 2.75) is 31.4 Å². The normalized spacial score (nSPS) is 31.0. The number of rotatable bonds is 3. The summed E-state index contributed by atoms with van der Waals surface area (Å²) in [5.41, 5.74) is 1.40. The van der Waals surface area contributed by atoms with Gasteiger partial charge in [0, 0.05) is 50.1 Å². The van der Waals surface area contributed by atoms with Crippen LogP contribution in [-0.2, 0) is 12.1 Å². The Morgan fingerprint density at radius 1 is 1.04 bits per heavy atom. The number of likely N-dealkylation sites (tertiary alicyclic amines) is 1. The molecule has 2 fully saturated rings. The van der Waals surface area contributed by atoms with Gasteiger partial charge in [-0.25, -0.2) is 0 Å². The molecule has 4 nitrogen and oxygen atoms in total. The second-order valence-corrected chi connectivity index (χ2v) is 6.91. The van der Waals surface area contributed by atoms with Crippen molar-refractivity contribution in [1.29, 1.82) is 0 Å². The smallest absolute Gasteiger partial charge is 0.114 e. The van der Waals surface area contributed by atoms with Crippen molar-refractivity contribution in [2.24, 2.45) is 11.8 Å². The molecule has 2 aromatic rings. The molecule has 0 amide bonds. The fourth-order valence-corrected chi connectivity index (χ4v) is 4.44. The number of hydrogen-bond acceptors (Lipinski definition) is 4. The van der Waals surface area contributed by atoms with Gasteiger partial charge < -0.3 is 5.11 Å². The highest BCUT2D eigenvalue weighted by molar-refractivity contribution is 5.20. The monoisotopic (exact) mass is 309 g/mol. The molecule has 0 spiro atoms. The Morgan fingerprint density at radius 2 is 1.78 bits per heavy atom. The average molecular weight is 309 g/mol. The maximum atomic E-state index is 11.5. The van der Waals surface area contributed by atoms with Crippen LogP contribution < -0.4 is 0 Å². The highest BCUT2D eigenvalue weighted by atomic mass is 16.3. The summed E-state index contributed by atoms with van der Waals surface area (Å²) in [4.78, 5) is 11.1. The molecule has 23 heavy (non-hydrogen) atoms. The zero-order chi connectivity index (χ0) is 15.7. The lowest BCUT2D eigenvalue weighted by molar-refractivity contribution is -0.151. The topological polar surface area (TPSA) is 49.3 Å². The van der Waals surface area contributed by atoms with Crippen molar-refractivity contribution in [1.82, 2.24) is 14.9 Å². The molecule has 2 aromatic heterocycles. The van der Waals surface area contributed by atoms with E-state index in [4.69, 9.17) is 0 Å². The van der Waals surface area contributed by atoms with Gasteiger partial charge in [-0.15, -0.1) is 0 Å². The first kappa shape index (κ1) is 14.8. The van der Waals surface area contributed by atoms with Crippen LogP contribution in [0.3, 0.4) is 0 Å². The van der Waals surface area contributed by atoms with E-state index in [2.05, 4.69) is 27.0 Å². The van der Waals surface area contributed by atoms with Crippen molar-refractivity contribution in [3.8, 4) is 0 Å². The van der Waals surface area contributed by atoms with Crippen molar-refractivity contribution in [2.75, 3.05) is 13.1 Å². The van der Waals surface area contributed by atoms with Crippen LogP contribution in [0.5, 0.6) is 0 Å². The zero-order valence-corrected chi connectivity index (χ0v) is 13.3. The van der Waals surface area contributed by atoms with E-state index in [0.29, 0.717) is 0 Å². The maximum absolute atomic E-state index is 11.5. The van der Waals surface area contributed by atoms with Gasteiger partial charge in [0.1, 0.15) is 5.60 Å². The summed E-state index contributed by atoms with van der Waals surface area (Å²) < 4.78 is 0. The molecular weight excluding hydrogens is 286 g/mol. The molecule has 1 saturated heterocycles. The molecule has 2 atom stereocenters. The molecule has 2 bridgehead atoms. The van der Waals surface area contributed by atoms with E-state index >= 15 is 0 Å². The minimum absolute atomic E-state index is 0.270. The molecule has 1 aliphatic carbocycles. The van der Waals surface area contributed by atoms with Crippen LogP contribution in [0, 0.1) is 11.8 Å². The van der Waals surface area contributed by atoms with Crippen molar-refractivity contribution in [3.05, 3.63) is 60.2 Å².